The summed E-state index contributed by atoms with van der Waals surface area (Å²) in [5.74, 6) is 0. The van der Waals surface area contributed by atoms with Gasteiger partial charge in [0, 0.05) is 24.5 Å². The fraction of sp³-hybridized carbons (Fsp3) is 0.214. The zero-order valence-electron chi connectivity index (χ0n) is 10.5. The van der Waals surface area contributed by atoms with Crippen LogP contribution in [0.5, 0.6) is 0 Å². The van der Waals surface area contributed by atoms with Crippen LogP contribution >= 0.6 is 12.2 Å². The predicted octanol–water partition coefficient (Wildman–Crippen LogP) is 1.87. The van der Waals surface area contributed by atoms with E-state index in [0.717, 1.165) is 17.7 Å². The van der Waals surface area contributed by atoms with Crippen molar-refractivity contribution in [1.82, 2.24) is 9.97 Å². The standard InChI is InChI=1S/C14H15N3OS/c15-14(19)13-9-11(4-7-17-13)10-18-8-5-12-3-1-2-6-16-12/h1-4,6-7,9H,5,8,10H2,(H2,15,19). The third-order valence-electron chi connectivity index (χ3n) is 2.57. The summed E-state index contributed by atoms with van der Waals surface area (Å²) in [6.07, 6.45) is 4.27. The third-order valence-corrected chi connectivity index (χ3v) is 2.78. The Hall–Kier alpha value is -1.85. The molecule has 0 aliphatic carbocycles. The van der Waals surface area contributed by atoms with Crippen LogP contribution in [0.1, 0.15) is 17.0 Å². The summed E-state index contributed by atoms with van der Waals surface area (Å²) in [5.41, 5.74) is 8.20. The SMILES string of the molecule is NC(=S)c1cc(COCCc2ccccn2)ccn1. The first-order valence-electron chi connectivity index (χ1n) is 5.98. The Balaban J connectivity index is 1.80. The Labute approximate surface area is 117 Å². The van der Waals surface area contributed by atoms with Gasteiger partial charge in [-0.3, -0.25) is 9.97 Å². The lowest BCUT2D eigenvalue weighted by Crippen LogP contribution is -2.12. The molecule has 98 valence electrons. The molecule has 0 radical (unpaired) electrons. The zero-order valence-corrected chi connectivity index (χ0v) is 11.3. The van der Waals surface area contributed by atoms with E-state index in [1.165, 1.54) is 0 Å². The summed E-state index contributed by atoms with van der Waals surface area (Å²) in [6, 6.07) is 9.60. The molecule has 0 saturated heterocycles. The Bertz CT molecular complexity index is 545. The van der Waals surface area contributed by atoms with Crippen LogP contribution in [0.4, 0.5) is 0 Å². The zero-order chi connectivity index (χ0) is 13.5. The number of hydrogen-bond acceptors (Lipinski definition) is 4. The molecule has 2 aromatic rings. The monoisotopic (exact) mass is 273 g/mol. The molecule has 2 heterocycles. The summed E-state index contributed by atoms with van der Waals surface area (Å²) in [6.45, 7) is 1.15. The van der Waals surface area contributed by atoms with Crippen molar-refractivity contribution in [3.8, 4) is 0 Å². The largest absolute Gasteiger partial charge is 0.388 e. The van der Waals surface area contributed by atoms with Gasteiger partial charge in [-0.15, -0.1) is 0 Å². The molecule has 0 amide bonds. The summed E-state index contributed by atoms with van der Waals surface area (Å²) in [4.78, 5) is 8.62. The number of nitrogens with zero attached hydrogens (tertiary/aromatic N) is 2. The fourth-order valence-electron chi connectivity index (χ4n) is 1.61. The maximum atomic E-state index is 5.61. The van der Waals surface area contributed by atoms with Gasteiger partial charge in [-0.1, -0.05) is 18.3 Å². The van der Waals surface area contributed by atoms with E-state index in [2.05, 4.69) is 9.97 Å². The molecule has 2 rings (SSSR count). The molecular weight excluding hydrogens is 258 g/mol. The first-order chi connectivity index (χ1) is 9.25. The van der Waals surface area contributed by atoms with E-state index in [-0.39, 0.29) is 0 Å². The molecule has 0 spiro atoms. The van der Waals surface area contributed by atoms with Crippen molar-refractivity contribution in [1.29, 1.82) is 0 Å². The number of nitrogens with two attached hydrogens (primary N) is 1. The molecule has 0 fully saturated rings. The van der Waals surface area contributed by atoms with Gasteiger partial charge < -0.3 is 10.5 Å². The maximum Gasteiger partial charge on any atom is 0.122 e. The van der Waals surface area contributed by atoms with Gasteiger partial charge in [-0.25, -0.2) is 0 Å². The molecule has 19 heavy (non-hydrogen) atoms. The average Bonchev–Trinajstić information content (AvgIpc) is 2.45. The smallest absolute Gasteiger partial charge is 0.122 e. The van der Waals surface area contributed by atoms with Crippen LogP contribution < -0.4 is 5.73 Å². The highest BCUT2D eigenvalue weighted by atomic mass is 32.1. The van der Waals surface area contributed by atoms with Crippen LogP contribution in [-0.2, 0) is 17.8 Å². The molecule has 0 atom stereocenters. The first kappa shape index (κ1) is 13.6. The Kier molecular flexibility index (Phi) is 4.94. The highest BCUT2D eigenvalue weighted by Crippen LogP contribution is 2.04. The minimum absolute atomic E-state index is 0.301. The fourth-order valence-corrected chi connectivity index (χ4v) is 1.72. The van der Waals surface area contributed by atoms with Crippen molar-refractivity contribution in [3.05, 3.63) is 59.7 Å². The number of rotatable bonds is 6. The van der Waals surface area contributed by atoms with Gasteiger partial charge >= 0.3 is 0 Å². The lowest BCUT2D eigenvalue weighted by atomic mass is 10.2. The van der Waals surface area contributed by atoms with Gasteiger partial charge in [0.1, 0.15) is 4.99 Å². The van der Waals surface area contributed by atoms with E-state index < -0.39 is 0 Å². The van der Waals surface area contributed by atoms with Crippen LogP contribution in [0.3, 0.4) is 0 Å². The van der Waals surface area contributed by atoms with Crippen molar-refractivity contribution < 1.29 is 4.74 Å². The van der Waals surface area contributed by atoms with Gasteiger partial charge in [0.05, 0.1) is 18.9 Å². The Morgan fingerprint density at radius 2 is 2.11 bits per heavy atom. The van der Waals surface area contributed by atoms with Gasteiger partial charge in [0.2, 0.25) is 0 Å². The summed E-state index contributed by atoms with van der Waals surface area (Å²) >= 11 is 4.89. The highest BCUT2D eigenvalue weighted by Gasteiger charge is 2.00. The van der Waals surface area contributed by atoms with Gasteiger partial charge in [-0.2, -0.15) is 0 Å². The lowest BCUT2D eigenvalue weighted by Gasteiger charge is -2.05. The van der Waals surface area contributed by atoms with E-state index in [4.69, 9.17) is 22.7 Å². The maximum absolute atomic E-state index is 5.61. The van der Waals surface area contributed by atoms with Crippen molar-refractivity contribution in [2.24, 2.45) is 5.73 Å². The third kappa shape index (κ3) is 4.39. The average molecular weight is 273 g/mol. The normalized spacial score (nSPS) is 10.3. The van der Waals surface area contributed by atoms with Crippen LogP contribution in [0.25, 0.3) is 0 Å². The second-order valence-electron chi connectivity index (χ2n) is 4.04. The molecule has 0 saturated carbocycles. The van der Waals surface area contributed by atoms with E-state index in [1.807, 2.05) is 30.3 Å². The van der Waals surface area contributed by atoms with Crippen molar-refractivity contribution in [2.75, 3.05) is 6.61 Å². The summed E-state index contributed by atoms with van der Waals surface area (Å²) < 4.78 is 5.61. The van der Waals surface area contributed by atoms with E-state index in [1.54, 1.807) is 12.4 Å². The first-order valence-corrected chi connectivity index (χ1v) is 6.39. The minimum Gasteiger partial charge on any atom is -0.388 e. The number of aromatic nitrogens is 2. The molecule has 0 aromatic carbocycles. The van der Waals surface area contributed by atoms with Gasteiger partial charge in [0.15, 0.2) is 0 Å². The van der Waals surface area contributed by atoms with Gasteiger partial charge in [0.25, 0.3) is 0 Å². The summed E-state index contributed by atoms with van der Waals surface area (Å²) in [5, 5.41) is 0. The summed E-state index contributed by atoms with van der Waals surface area (Å²) in [7, 11) is 0. The van der Waals surface area contributed by atoms with Crippen molar-refractivity contribution in [3.63, 3.8) is 0 Å². The van der Waals surface area contributed by atoms with E-state index in [9.17, 15) is 0 Å². The molecular formula is C14H15N3OS. The van der Waals surface area contributed by atoms with Crippen LogP contribution in [0, 0.1) is 0 Å². The second-order valence-corrected chi connectivity index (χ2v) is 4.48. The van der Waals surface area contributed by atoms with E-state index >= 15 is 0 Å². The number of thiocarbonyl (C=S) groups is 1. The van der Waals surface area contributed by atoms with Crippen LogP contribution in [0.2, 0.25) is 0 Å². The quantitative estimate of drug-likeness (QED) is 0.643. The molecule has 5 heteroatoms. The van der Waals surface area contributed by atoms with E-state index in [0.29, 0.717) is 23.9 Å². The molecule has 4 nitrogen and oxygen atoms in total. The number of pyridine rings is 2. The Morgan fingerprint density at radius 1 is 1.21 bits per heavy atom. The topological polar surface area (TPSA) is 61.0 Å². The van der Waals surface area contributed by atoms with Crippen LogP contribution in [-0.4, -0.2) is 21.6 Å². The van der Waals surface area contributed by atoms with Gasteiger partial charge in [-0.05, 0) is 29.8 Å². The molecule has 2 aromatic heterocycles. The number of ether oxygens (including phenoxy) is 1. The van der Waals surface area contributed by atoms with Crippen molar-refractivity contribution in [2.45, 2.75) is 13.0 Å². The second kappa shape index (κ2) is 6.92. The molecule has 0 aliphatic rings. The van der Waals surface area contributed by atoms with Crippen LogP contribution in [0.15, 0.2) is 42.7 Å². The molecule has 0 aliphatic heterocycles. The Morgan fingerprint density at radius 3 is 2.84 bits per heavy atom. The predicted molar refractivity (Wildman–Crippen MR) is 77.7 cm³/mol. The molecule has 0 bridgehead atoms. The molecule has 2 N–H and O–H groups in total. The molecule has 0 unspecified atom stereocenters. The lowest BCUT2D eigenvalue weighted by molar-refractivity contribution is 0.123. The highest BCUT2D eigenvalue weighted by molar-refractivity contribution is 7.80. The minimum atomic E-state index is 0.301. The number of hydrogen-bond donors (Lipinski definition) is 1. The van der Waals surface area contributed by atoms with Crippen molar-refractivity contribution >= 4 is 17.2 Å².